The first kappa shape index (κ1) is 17.4. The predicted molar refractivity (Wildman–Crippen MR) is 73.2 cm³/mol. The largest absolute Gasteiger partial charge is 0.466 e. The summed E-state index contributed by atoms with van der Waals surface area (Å²) in [4.78, 5) is 22.7. The standard InChI is InChI=1S/C13H17NO4.ClH/c1-3-18-12(15)8-11(14)9-5-4-6-10(7-9)13(16)17-2;/h4-7,11H,3,8,14H2,1-2H3;1H/t11-;/m1./s1. The molecule has 106 valence electrons. The van der Waals surface area contributed by atoms with Gasteiger partial charge in [-0.1, -0.05) is 12.1 Å². The average Bonchev–Trinajstić information content (AvgIpc) is 2.38. The lowest BCUT2D eigenvalue weighted by Crippen LogP contribution is -2.17. The van der Waals surface area contributed by atoms with Crippen LogP contribution >= 0.6 is 12.4 Å². The van der Waals surface area contributed by atoms with E-state index in [-0.39, 0.29) is 24.8 Å². The fraction of sp³-hybridized carbons (Fsp3) is 0.385. The number of halogens is 1. The Morgan fingerprint density at radius 3 is 2.63 bits per heavy atom. The minimum atomic E-state index is -0.492. The van der Waals surface area contributed by atoms with Crippen molar-refractivity contribution in [1.29, 1.82) is 0 Å². The average molecular weight is 288 g/mol. The predicted octanol–water partition coefficient (Wildman–Crippen LogP) is 1.85. The Bertz CT molecular complexity index is 436. The molecule has 5 nitrogen and oxygen atoms in total. The lowest BCUT2D eigenvalue weighted by molar-refractivity contribution is -0.143. The Morgan fingerprint density at radius 2 is 2.05 bits per heavy atom. The van der Waals surface area contributed by atoms with Crippen LogP contribution in [-0.2, 0) is 14.3 Å². The van der Waals surface area contributed by atoms with E-state index in [2.05, 4.69) is 4.74 Å². The maximum absolute atomic E-state index is 11.4. The van der Waals surface area contributed by atoms with E-state index in [4.69, 9.17) is 10.5 Å². The molecule has 0 heterocycles. The Kier molecular flexibility index (Phi) is 7.79. The summed E-state index contributed by atoms with van der Waals surface area (Å²) in [7, 11) is 1.31. The Hall–Kier alpha value is -1.59. The molecule has 0 radical (unpaired) electrons. The molecule has 0 amide bonds. The van der Waals surface area contributed by atoms with Gasteiger partial charge in [0.05, 0.1) is 25.7 Å². The van der Waals surface area contributed by atoms with E-state index >= 15 is 0 Å². The first-order chi connectivity index (χ1) is 8.58. The van der Waals surface area contributed by atoms with Gasteiger partial charge in [0.15, 0.2) is 0 Å². The highest BCUT2D eigenvalue weighted by molar-refractivity contribution is 5.89. The fourth-order valence-corrected chi connectivity index (χ4v) is 1.53. The second-order valence-electron chi connectivity index (χ2n) is 3.73. The van der Waals surface area contributed by atoms with Crippen LogP contribution in [-0.4, -0.2) is 25.7 Å². The fourth-order valence-electron chi connectivity index (χ4n) is 1.53. The van der Waals surface area contributed by atoms with Gasteiger partial charge in [-0.25, -0.2) is 4.79 Å². The van der Waals surface area contributed by atoms with E-state index in [1.807, 2.05) is 0 Å². The van der Waals surface area contributed by atoms with Crippen molar-refractivity contribution >= 4 is 24.3 Å². The van der Waals surface area contributed by atoms with E-state index in [0.29, 0.717) is 17.7 Å². The lowest BCUT2D eigenvalue weighted by Gasteiger charge is -2.12. The van der Waals surface area contributed by atoms with Gasteiger partial charge in [0, 0.05) is 6.04 Å². The first-order valence-corrected chi connectivity index (χ1v) is 5.68. The maximum Gasteiger partial charge on any atom is 0.337 e. The van der Waals surface area contributed by atoms with E-state index < -0.39 is 12.0 Å². The summed E-state index contributed by atoms with van der Waals surface area (Å²) in [6, 6.07) is 6.22. The lowest BCUT2D eigenvalue weighted by atomic mass is 10.0. The third-order valence-electron chi connectivity index (χ3n) is 2.43. The van der Waals surface area contributed by atoms with E-state index in [1.165, 1.54) is 7.11 Å². The highest BCUT2D eigenvalue weighted by Crippen LogP contribution is 2.16. The van der Waals surface area contributed by atoms with Crippen molar-refractivity contribution in [2.75, 3.05) is 13.7 Å². The molecular formula is C13H18ClNO4. The number of carbonyl (C=O) groups is 2. The number of carbonyl (C=O) groups excluding carboxylic acids is 2. The van der Waals surface area contributed by atoms with Gasteiger partial charge in [-0.15, -0.1) is 12.4 Å². The minimum Gasteiger partial charge on any atom is -0.466 e. The van der Waals surface area contributed by atoms with Gasteiger partial charge in [0.25, 0.3) is 0 Å². The maximum atomic E-state index is 11.4. The van der Waals surface area contributed by atoms with Crippen LogP contribution in [0.25, 0.3) is 0 Å². The number of ether oxygens (including phenoxy) is 2. The van der Waals surface area contributed by atoms with E-state index in [1.54, 1.807) is 31.2 Å². The molecule has 0 saturated heterocycles. The number of methoxy groups -OCH3 is 1. The van der Waals surface area contributed by atoms with Crippen LogP contribution in [0.5, 0.6) is 0 Å². The SMILES string of the molecule is CCOC(=O)C[C@@H](N)c1cccc(C(=O)OC)c1.Cl. The number of nitrogens with two attached hydrogens (primary N) is 1. The van der Waals surface area contributed by atoms with Crippen LogP contribution in [0, 0.1) is 0 Å². The molecule has 19 heavy (non-hydrogen) atoms. The molecule has 1 atom stereocenters. The second kappa shape index (κ2) is 8.50. The smallest absolute Gasteiger partial charge is 0.337 e. The number of hydrogen-bond acceptors (Lipinski definition) is 5. The van der Waals surface area contributed by atoms with Crippen LogP contribution in [0.4, 0.5) is 0 Å². The van der Waals surface area contributed by atoms with Gasteiger partial charge in [0.1, 0.15) is 0 Å². The molecule has 0 aliphatic rings. The molecule has 0 aromatic heterocycles. The molecule has 1 rings (SSSR count). The molecule has 6 heteroatoms. The van der Waals surface area contributed by atoms with Gasteiger partial charge in [0.2, 0.25) is 0 Å². The van der Waals surface area contributed by atoms with Gasteiger partial charge >= 0.3 is 11.9 Å². The number of hydrogen-bond donors (Lipinski definition) is 1. The Labute approximate surface area is 118 Å². The molecule has 0 aliphatic carbocycles. The summed E-state index contributed by atoms with van der Waals surface area (Å²) < 4.78 is 9.44. The van der Waals surface area contributed by atoms with Crippen LogP contribution in [0.15, 0.2) is 24.3 Å². The molecule has 1 aromatic rings. The van der Waals surface area contributed by atoms with Crippen molar-refractivity contribution in [3.63, 3.8) is 0 Å². The van der Waals surface area contributed by atoms with Crippen molar-refractivity contribution in [3.8, 4) is 0 Å². The number of esters is 2. The van der Waals surface area contributed by atoms with Crippen molar-refractivity contribution in [2.24, 2.45) is 5.73 Å². The minimum absolute atomic E-state index is 0. The third-order valence-corrected chi connectivity index (χ3v) is 2.43. The van der Waals surface area contributed by atoms with Crippen molar-refractivity contribution < 1.29 is 19.1 Å². The van der Waals surface area contributed by atoms with Gasteiger partial charge in [-0.05, 0) is 24.6 Å². The molecule has 0 aliphatic heterocycles. The summed E-state index contributed by atoms with van der Waals surface area (Å²) in [5, 5.41) is 0. The summed E-state index contributed by atoms with van der Waals surface area (Å²) >= 11 is 0. The normalized spacial score (nSPS) is 11.1. The molecule has 0 fully saturated rings. The highest BCUT2D eigenvalue weighted by Gasteiger charge is 2.14. The van der Waals surface area contributed by atoms with Gasteiger partial charge in [-0.2, -0.15) is 0 Å². The number of benzene rings is 1. The van der Waals surface area contributed by atoms with Crippen molar-refractivity contribution in [2.45, 2.75) is 19.4 Å². The van der Waals surface area contributed by atoms with Crippen LogP contribution in [0.3, 0.4) is 0 Å². The second-order valence-corrected chi connectivity index (χ2v) is 3.73. The zero-order valence-corrected chi connectivity index (χ0v) is 11.7. The Balaban J connectivity index is 0.00000324. The van der Waals surface area contributed by atoms with Crippen molar-refractivity contribution in [1.82, 2.24) is 0 Å². The molecular weight excluding hydrogens is 270 g/mol. The molecule has 0 unspecified atom stereocenters. The van der Waals surface area contributed by atoms with Gasteiger partial charge in [-0.3, -0.25) is 4.79 Å². The molecule has 0 bridgehead atoms. The zero-order valence-electron chi connectivity index (χ0n) is 10.9. The Morgan fingerprint density at radius 1 is 1.37 bits per heavy atom. The number of rotatable bonds is 5. The van der Waals surface area contributed by atoms with Crippen LogP contribution in [0.1, 0.15) is 35.3 Å². The summed E-state index contributed by atoms with van der Waals surface area (Å²) in [5.74, 6) is -0.784. The summed E-state index contributed by atoms with van der Waals surface area (Å²) in [5.41, 5.74) is 7.00. The topological polar surface area (TPSA) is 78.6 Å². The quantitative estimate of drug-likeness (QED) is 0.836. The zero-order chi connectivity index (χ0) is 13.5. The summed E-state index contributed by atoms with van der Waals surface area (Å²) in [6.07, 6.45) is 0.0818. The van der Waals surface area contributed by atoms with E-state index in [9.17, 15) is 9.59 Å². The van der Waals surface area contributed by atoms with E-state index in [0.717, 1.165) is 0 Å². The highest BCUT2D eigenvalue weighted by atomic mass is 35.5. The van der Waals surface area contributed by atoms with Gasteiger partial charge < -0.3 is 15.2 Å². The van der Waals surface area contributed by atoms with Crippen LogP contribution < -0.4 is 5.73 Å². The molecule has 2 N–H and O–H groups in total. The molecule has 0 saturated carbocycles. The summed E-state index contributed by atoms with van der Waals surface area (Å²) in [6.45, 7) is 2.06. The first-order valence-electron chi connectivity index (χ1n) is 5.68. The third kappa shape index (κ3) is 5.28. The van der Waals surface area contributed by atoms with Crippen molar-refractivity contribution in [3.05, 3.63) is 35.4 Å². The molecule has 1 aromatic carbocycles. The monoisotopic (exact) mass is 287 g/mol. The molecule has 0 spiro atoms. The van der Waals surface area contributed by atoms with Crippen LogP contribution in [0.2, 0.25) is 0 Å².